The maximum absolute atomic E-state index is 5.72. The van der Waals surface area contributed by atoms with Crippen molar-refractivity contribution in [3.05, 3.63) is 58.8 Å². The Kier molecular flexibility index (Phi) is 3.17. The maximum Gasteiger partial charge on any atom is 0.146 e. The van der Waals surface area contributed by atoms with E-state index in [0.717, 1.165) is 27.0 Å². The molecule has 0 aliphatic rings. The van der Waals surface area contributed by atoms with E-state index in [0.29, 0.717) is 12.3 Å². The number of nitrogens with two attached hydrogens (primary N) is 1. The first-order valence-corrected chi connectivity index (χ1v) is 6.66. The van der Waals surface area contributed by atoms with Gasteiger partial charge in [0.25, 0.3) is 0 Å². The average Bonchev–Trinajstić information content (AvgIpc) is 2.78. The van der Waals surface area contributed by atoms with E-state index in [2.05, 4.69) is 15.9 Å². The van der Waals surface area contributed by atoms with Crippen LogP contribution in [-0.4, -0.2) is 0 Å². The SMILES string of the molecule is Nc1ccc2cc(COc3cccc(Br)c3)oc2c1. The minimum atomic E-state index is 0.394. The lowest BCUT2D eigenvalue weighted by Gasteiger charge is -2.03. The molecule has 96 valence electrons. The lowest BCUT2D eigenvalue weighted by molar-refractivity contribution is 0.274. The number of ether oxygens (including phenoxy) is 1. The van der Waals surface area contributed by atoms with Gasteiger partial charge in [-0.3, -0.25) is 0 Å². The molecule has 0 saturated heterocycles. The van der Waals surface area contributed by atoms with Crippen LogP contribution in [0.5, 0.6) is 5.75 Å². The molecule has 19 heavy (non-hydrogen) atoms. The van der Waals surface area contributed by atoms with Crippen molar-refractivity contribution in [2.24, 2.45) is 0 Å². The van der Waals surface area contributed by atoms with Crippen LogP contribution in [0.15, 0.2) is 57.4 Å². The quantitative estimate of drug-likeness (QED) is 0.730. The van der Waals surface area contributed by atoms with Crippen LogP contribution in [0.3, 0.4) is 0 Å². The standard InChI is InChI=1S/C15H12BrNO2/c16-11-2-1-3-13(7-11)18-9-14-6-10-4-5-12(17)8-15(10)19-14/h1-8H,9,17H2. The molecule has 0 unspecified atom stereocenters. The number of nitrogen functional groups attached to an aromatic ring is 1. The highest BCUT2D eigenvalue weighted by Crippen LogP contribution is 2.23. The molecule has 3 nitrogen and oxygen atoms in total. The molecule has 3 aromatic rings. The number of hydrogen-bond donors (Lipinski definition) is 1. The first kappa shape index (κ1) is 12.1. The topological polar surface area (TPSA) is 48.4 Å². The normalized spacial score (nSPS) is 10.8. The second-order valence-electron chi connectivity index (χ2n) is 4.26. The van der Waals surface area contributed by atoms with Gasteiger partial charge in [-0.05, 0) is 36.4 Å². The number of hydrogen-bond acceptors (Lipinski definition) is 3. The predicted octanol–water partition coefficient (Wildman–Crippen LogP) is 4.36. The van der Waals surface area contributed by atoms with Crippen LogP contribution in [0.1, 0.15) is 5.76 Å². The van der Waals surface area contributed by atoms with Gasteiger partial charge in [0, 0.05) is 21.6 Å². The van der Waals surface area contributed by atoms with Crippen molar-refractivity contribution < 1.29 is 9.15 Å². The number of halogens is 1. The summed E-state index contributed by atoms with van der Waals surface area (Å²) in [5.41, 5.74) is 7.20. The van der Waals surface area contributed by atoms with Crippen LogP contribution in [-0.2, 0) is 6.61 Å². The van der Waals surface area contributed by atoms with Crippen molar-refractivity contribution in [3.63, 3.8) is 0 Å². The second-order valence-corrected chi connectivity index (χ2v) is 5.17. The van der Waals surface area contributed by atoms with Crippen LogP contribution >= 0.6 is 15.9 Å². The third kappa shape index (κ3) is 2.74. The molecule has 0 amide bonds. The number of furan rings is 1. The van der Waals surface area contributed by atoms with E-state index in [9.17, 15) is 0 Å². The van der Waals surface area contributed by atoms with Crippen LogP contribution in [0.25, 0.3) is 11.0 Å². The highest BCUT2D eigenvalue weighted by Gasteiger charge is 2.05. The van der Waals surface area contributed by atoms with Crippen molar-refractivity contribution in [3.8, 4) is 5.75 Å². The number of anilines is 1. The highest BCUT2D eigenvalue weighted by molar-refractivity contribution is 9.10. The summed E-state index contributed by atoms with van der Waals surface area (Å²) >= 11 is 3.41. The molecule has 0 spiro atoms. The summed E-state index contributed by atoms with van der Waals surface area (Å²) < 4.78 is 12.4. The van der Waals surface area contributed by atoms with Gasteiger partial charge >= 0.3 is 0 Å². The number of fused-ring (bicyclic) bond motifs is 1. The first-order valence-electron chi connectivity index (χ1n) is 5.87. The molecule has 4 heteroatoms. The van der Waals surface area contributed by atoms with Crippen LogP contribution in [0.4, 0.5) is 5.69 Å². The minimum absolute atomic E-state index is 0.394. The third-order valence-electron chi connectivity index (χ3n) is 2.77. The van der Waals surface area contributed by atoms with Crippen molar-refractivity contribution in [2.45, 2.75) is 6.61 Å². The van der Waals surface area contributed by atoms with Crippen molar-refractivity contribution in [2.75, 3.05) is 5.73 Å². The summed E-state index contributed by atoms with van der Waals surface area (Å²) in [6.45, 7) is 0.394. The fourth-order valence-corrected chi connectivity index (χ4v) is 2.26. The summed E-state index contributed by atoms with van der Waals surface area (Å²) in [6, 6.07) is 15.3. The van der Waals surface area contributed by atoms with Gasteiger partial charge in [-0.15, -0.1) is 0 Å². The number of rotatable bonds is 3. The molecule has 0 saturated carbocycles. The van der Waals surface area contributed by atoms with Crippen LogP contribution in [0, 0.1) is 0 Å². The Bertz CT molecular complexity index is 721. The van der Waals surface area contributed by atoms with Gasteiger partial charge in [-0.2, -0.15) is 0 Å². The van der Waals surface area contributed by atoms with E-state index in [4.69, 9.17) is 14.9 Å². The Morgan fingerprint density at radius 1 is 1.11 bits per heavy atom. The molecule has 1 aromatic heterocycles. The molecular formula is C15H12BrNO2. The largest absolute Gasteiger partial charge is 0.486 e. The minimum Gasteiger partial charge on any atom is -0.486 e. The van der Waals surface area contributed by atoms with Crippen LogP contribution in [0.2, 0.25) is 0 Å². The molecule has 0 fully saturated rings. The van der Waals surface area contributed by atoms with Crippen LogP contribution < -0.4 is 10.5 Å². The monoisotopic (exact) mass is 317 g/mol. The zero-order chi connectivity index (χ0) is 13.2. The average molecular weight is 318 g/mol. The number of benzene rings is 2. The molecule has 0 radical (unpaired) electrons. The fraction of sp³-hybridized carbons (Fsp3) is 0.0667. The van der Waals surface area contributed by atoms with E-state index in [1.54, 1.807) is 0 Å². The van der Waals surface area contributed by atoms with E-state index in [-0.39, 0.29) is 0 Å². The molecule has 0 atom stereocenters. The second kappa shape index (κ2) is 4.97. The van der Waals surface area contributed by atoms with Gasteiger partial charge in [0.05, 0.1) is 0 Å². The van der Waals surface area contributed by atoms with E-state index >= 15 is 0 Å². The van der Waals surface area contributed by atoms with Gasteiger partial charge in [0.1, 0.15) is 23.7 Å². The van der Waals surface area contributed by atoms with E-state index in [1.807, 2.05) is 48.5 Å². The third-order valence-corrected chi connectivity index (χ3v) is 3.27. The molecule has 0 bridgehead atoms. The molecule has 1 heterocycles. The van der Waals surface area contributed by atoms with Gasteiger partial charge < -0.3 is 14.9 Å². The zero-order valence-electron chi connectivity index (χ0n) is 10.1. The lowest BCUT2D eigenvalue weighted by atomic mass is 10.2. The Morgan fingerprint density at radius 3 is 2.84 bits per heavy atom. The van der Waals surface area contributed by atoms with Crippen molar-refractivity contribution in [1.29, 1.82) is 0 Å². The molecular weight excluding hydrogens is 306 g/mol. The molecule has 2 N–H and O–H groups in total. The van der Waals surface area contributed by atoms with Gasteiger partial charge in [0.15, 0.2) is 0 Å². The summed E-state index contributed by atoms with van der Waals surface area (Å²) in [5.74, 6) is 1.58. The predicted molar refractivity (Wildman–Crippen MR) is 79.1 cm³/mol. The molecule has 2 aromatic carbocycles. The maximum atomic E-state index is 5.72. The van der Waals surface area contributed by atoms with Gasteiger partial charge in [-0.1, -0.05) is 22.0 Å². The summed E-state index contributed by atoms with van der Waals surface area (Å²) in [6.07, 6.45) is 0. The Hall–Kier alpha value is -1.94. The smallest absolute Gasteiger partial charge is 0.146 e. The van der Waals surface area contributed by atoms with Crippen molar-refractivity contribution >= 4 is 32.6 Å². The highest BCUT2D eigenvalue weighted by atomic mass is 79.9. The Labute approximate surface area is 119 Å². The summed E-state index contributed by atoms with van der Waals surface area (Å²) in [5, 5.41) is 1.03. The van der Waals surface area contributed by atoms with Gasteiger partial charge in [0.2, 0.25) is 0 Å². The molecule has 0 aliphatic heterocycles. The molecule has 0 aliphatic carbocycles. The first-order chi connectivity index (χ1) is 9.20. The lowest BCUT2D eigenvalue weighted by Crippen LogP contribution is -1.93. The Morgan fingerprint density at radius 2 is 2.00 bits per heavy atom. The zero-order valence-corrected chi connectivity index (χ0v) is 11.7. The summed E-state index contributed by atoms with van der Waals surface area (Å²) in [7, 11) is 0. The van der Waals surface area contributed by atoms with E-state index < -0.39 is 0 Å². The summed E-state index contributed by atoms with van der Waals surface area (Å²) in [4.78, 5) is 0. The molecule has 3 rings (SSSR count). The Balaban J connectivity index is 1.78. The van der Waals surface area contributed by atoms with E-state index in [1.165, 1.54) is 0 Å². The van der Waals surface area contributed by atoms with Gasteiger partial charge in [-0.25, -0.2) is 0 Å². The fourth-order valence-electron chi connectivity index (χ4n) is 1.89. The van der Waals surface area contributed by atoms with Crippen molar-refractivity contribution in [1.82, 2.24) is 0 Å².